The molecule has 0 aromatic carbocycles. The smallest absolute Gasteiger partial charge is 0.230 e. The molecule has 132 valence electrons. The number of pyridine rings is 1. The highest BCUT2D eigenvalue weighted by Gasteiger charge is 2.50. The molecule has 0 aliphatic heterocycles. The highest BCUT2D eigenvalue weighted by molar-refractivity contribution is 7.99. The van der Waals surface area contributed by atoms with Crippen LogP contribution < -0.4 is 5.32 Å². The monoisotopic (exact) mass is 356 g/mol. The predicted molar refractivity (Wildman–Crippen MR) is 97.3 cm³/mol. The van der Waals surface area contributed by atoms with E-state index in [1.165, 1.54) is 50.3 Å². The average Bonchev–Trinajstić information content (AvgIpc) is 3.00. The van der Waals surface area contributed by atoms with E-state index in [-0.39, 0.29) is 5.91 Å². The Morgan fingerprint density at radius 2 is 1.88 bits per heavy atom. The molecule has 0 unspecified atom stereocenters. The van der Waals surface area contributed by atoms with E-state index in [4.69, 9.17) is 0 Å². The van der Waals surface area contributed by atoms with Crippen LogP contribution in [-0.4, -0.2) is 32.8 Å². The van der Waals surface area contributed by atoms with Crippen LogP contribution >= 0.6 is 11.8 Å². The third-order valence-electron chi connectivity index (χ3n) is 6.44. The van der Waals surface area contributed by atoms with Gasteiger partial charge in [-0.25, -0.2) is 0 Å². The van der Waals surface area contributed by atoms with E-state index in [0.717, 1.165) is 35.1 Å². The summed E-state index contributed by atoms with van der Waals surface area (Å²) in [7, 11) is 0. The van der Waals surface area contributed by atoms with Gasteiger partial charge in [0, 0.05) is 12.7 Å². The fourth-order valence-electron chi connectivity index (χ4n) is 5.89. The Bertz CT molecular complexity index is 766. The molecule has 4 bridgehead atoms. The number of hydrogen-bond donors (Lipinski definition) is 1. The third kappa shape index (κ3) is 2.94. The second-order valence-electron chi connectivity index (χ2n) is 8.39. The van der Waals surface area contributed by atoms with E-state index < -0.39 is 0 Å². The minimum absolute atomic E-state index is 0.119. The number of hydrogen-bond acceptors (Lipinski definition) is 4. The Morgan fingerprint density at radius 1 is 1.16 bits per heavy atom. The van der Waals surface area contributed by atoms with Gasteiger partial charge >= 0.3 is 0 Å². The van der Waals surface area contributed by atoms with Gasteiger partial charge in [0.15, 0.2) is 10.8 Å². The average molecular weight is 356 g/mol. The Labute approximate surface area is 152 Å². The number of nitrogens with one attached hydrogen (secondary N) is 1. The highest BCUT2D eigenvalue weighted by Crippen LogP contribution is 2.59. The first-order valence-corrected chi connectivity index (χ1v) is 10.4. The molecule has 1 amide bonds. The van der Waals surface area contributed by atoms with Gasteiger partial charge in [0.1, 0.15) is 0 Å². The standard InChI is InChI=1S/C19H24N4OS/c24-17(11-25-18-22-21-16-3-1-2-4-23(16)18)20-12-19-8-13-5-14(9-19)7-15(6-13)10-19/h1-4,13-15H,5-12H2,(H,20,24). The lowest BCUT2D eigenvalue weighted by atomic mass is 9.49. The Morgan fingerprint density at radius 3 is 2.60 bits per heavy atom. The molecule has 5 nitrogen and oxygen atoms in total. The van der Waals surface area contributed by atoms with Gasteiger partial charge in [-0.1, -0.05) is 17.8 Å². The summed E-state index contributed by atoms with van der Waals surface area (Å²) < 4.78 is 1.93. The van der Waals surface area contributed by atoms with Crippen molar-refractivity contribution in [3.63, 3.8) is 0 Å². The van der Waals surface area contributed by atoms with E-state index >= 15 is 0 Å². The van der Waals surface area contributed by atoms with Crippen molar-refractivity contribution < 1.29 is 4.79 Å². The van der Waals surface area contributed by atoms with Crippen molar-refractivity contribution in [3.05, 3.63) is 24.4 Å². The SMILES string of the molecule is O=C(CSc1nnc2ccccn12)NCC12CC3CC(CC(C3)C1)C2. The van der Waals surface area contributed by atoms with Gasteiger partial charge in [-0.2, -0.15) is 0 Å². The first kappa shape index (κ1) is 15.7. The second-order valence-corrected chi connectivity index (χ2v) is 9.34. The highest BCUT2D eigenvalue weighted by atomic mass is 32.2. The molecule has 4 fully saturated rings. The molecular weight excluding hydrogens is 332 g/mol. The number of carbonyl (C=O) groups excluding carboxylic acids is 1. The van der Waals surface area contributed by atoms with Crippen molar-refractivity contribution in [2.45, 2.75) is 43.7 Å². The minimum atomic E-state index is 0.119. The largest absolute Gasteiger partial charge is 0.355 e. The van der Waals surface area contributed by atoms with Gasteiger partial charge in [0.25, 0.3) is 0 Å². The van der Waals surface area contributed by atoms with Crippen LogP contribution in [0, 0.1) is 23.2 Å². The molecule has 6 rings (SSSR count). The van der Waals surface area contributed by atoms with Crippen molar-refractivity contribution in [1.82, 2.24) is 19.9 Å². The van der Waals surface area contributed by atoms with Crippen molar-refractivity contribution >= 4 is 23.3 Å². The summed E-state index contributed by atoms with van der Waals surface area (Å²) in [4.78, 5) is 12.4. The van der Waals surface area contributed by atoms with Crippen molar-refractivity contribution in [2.75, 3.05) is 12.3 Å². The van der Waals surface area contributed by atoms with Crippen LogP contribution in [0.5, 0.6) is 0 Å². The fourth-order valence-corrected chi connectivity index (χ4v) is 6.65. The lowest BCUT2D eigenvalue weighted by Gasteiger charge is -2.56. The van der Waals surface area contributed by atoms with Gasteiger partial charge in [0.2, 0.25) is 5.91 Å². The van der Waals surface area contributed by atoms with E-state index in [1.807, 2.05) is 28.8 Å². The summed E-state index contributed by atoms with van der Waals surface area (Å²) in [6, 6.07) is 5.81. The molecule has 4 aliphatic carbocycles. The number of amides is 1. The fraction of sp³-hybridized carbons (Fsp3) is 0.632. The molecule has 0 saturated heterocycles. The maximum Gasteiger partial charge on any atom is 0.230 e. The zero-order valence-corrected chi connectivity index (χ0v) is 15.2. The zero-order chi connectivity index (χ0) is 16.9. The van der Waals surface area contributed by atoms with Crippen LogP contribution in [0.4, 0.5) is 0 Å². The van der Waals surface area contributed by atoms with Gasteiger partial charge < -0.3 is 5.32 Å². The van der Waals surface area contributed by atoms with Crippen LogP contribution in [0.3, 0.4) is 0 Å². The van der Waals surface area contributed by atoms with Crippen molar-refractivity contribution in [3.8, 4) is 0 Å². The number of fused-ring (bicyclic) bond motifs is 1. The first-order valence-electron chi connectivity index (χ1n) is 9.38. The normalized spacial score (nSPS) is 33.0. The summed E-state index contributed by atoms with van der Waals surface area (Å²) in [6.45, 7) is 0.872. The molecule has 6 heteroatoms. The van der Waals surface area contributed by atoms with Gasteiger partial charge in [-0.15, -0.1) is 10.2 Å². The molecule has 0 atom stereocenters. The summed E-state index contributed by atoms with van der Waals surface area (Å²) in [5, 5.41) is 12.3. The Balaban J connectivity index is 1.18. The Kier molecular flexibility index (Phi) is 3.77. The van der Waals surface area contributed by atoms with Gasteiger partial charge in [-0.05, 0) is 73.8 Å². The summed E-state index contributed by atoms with van der Waals surface area (Å²) in [5.41, 5.74) is 1.22. The predicted octanol–water partition coefficient (Wildman–Crippen LogP) is 3.15. The quantitative estimate of drug-likeness (QED) is 0.836. The second kappa shape index (κ2) is 6.01. The number of carbonyl (C=O) groups is 1. The number of thioether (sulfide) groups is 1. The molecule has 0 radical (unpaired) electrons. The van der Waals surface area contributed by atoms with Gasteiger partial charge in [-0.3, -0.25) is 9.20 Å². The maximum atomic E-state index is 12.4. The lowest BCUT2D eigenvalue weighted by molar-refractivity contribution is -0.120. The summed E-state index contributed by atoms with van der Waals surface area (Å²) in [5.74, 6) is 3.32. The van der Waals surface area contributed by atoms with Crippen LogP contribution in [-0.2, 0) is 4.79 Å². The van der Waals surface area contributed by atoms with Crippen molar-refractivity contribution in [2.24, 2.45) is 23.2 Å². The molecule has 1 N–H and O–H groups in total. The summed E-state index contributed by atoms with van der Waals surface area (Å²) >= 11 is 1.46. The number of rotatable bonds is 5. The van der Waals surface area contributed by atoms with Crippen molar-refractivity contribution in [1.29, 1.82) is 0 Å². The molecule has 4 saturated carbocycles. The minimum Gasteiger partial charge on any atom is -0.355 e. The molecular formula is C19H24N4OS. The first-order chi connectivity index (χ1) is 12.2. The van der Waals surface area contributed by atoms with Gasteiger partial charge in [0.05, 0.1) is 5.75 Å². The van der Waals surface area contributed by atoms with E-state index in [9.17, 15) is 4.79 Å². The number of nitrogens with zero attached hydrogens (tertiary/aromatic N) is 3. The van der Waals surface area contributed by atoms with Crippen LogP contribution in [0.1, 0.15) is 38.5 Å². The van der Waals surface area contributed by atoms with Crippen LogP contribution in [0.15, 0.2) is 29.6 Å². The third-order valence-corrected chi connectivity index (χ3v) is 7.38. The zero-order valence-electron chi connectivity index (χ0n) is 14.4. The maximum absolute atomic E-state index is 12.4. The molecule has 2 aromatic heterocycles. The number of aromatic nitrogens is 3. The molecule has 25 heavy (non-hydrogen) atoms. The summed E-state index contributed by atoms with van der Waals surface area (Å²) in [6.07, 6.45) is 10.3. The topological polar surface area (TPSA) is 59.3 Å². The molecule has 2 aromatic rings. The van der Waals surface area contributed by atoms with E-state index in [2.05, 4.69) is 15.5 Å². The van der Waals surface area contributed by atoms with E-state index in [1.54, 1.807) is 0 Å². The molecule has 2 heterocycles. The lowest BCUT2D eigenvalue weighted by Crippen LogP contribution is -2.51. The van der Waals surface area contributed by atoms with Crippen LogP contribution in [0.2, 0.25) is 0 Å². The molecule has 4 aliphatic rings. The Hall–Kier alpha value is -1.56. The van der Waals surface area contributed by atoms with E-state index in [0.29, 0.717) is 11.2 Å². The van der Waals surface area contributed by atoms with Crippen LogP contribution in [0.25, 0.3) is 5.65 Å². The molecule has 0 spiro atoms.